The van der Waals surface area contributed by atoms with Gasteiger partial charge in [-0.25, -0.2) is 0 Å². The van der Waals surface area contributed by atoms with Gasteiger partial charge in [-0.2, -0.15) is 0 Å². The molecule has 1 aromatic rings. The van der Waals surface area contributed by atoms with Crippen molar-refractivity contribution in [3.05, 3.63) is 29.8 Å². The van der Waals surface area contributed by atoms with Gasteiger partial charge in [-0.1, -0.05) is 26.0 Å². The molecular weight excluding hydrogens is 268 g/mol. The molecule has 4 heteroatoms. The van der Waals surface area contributed by atoms with Gasteiger partial charge in [0.1, 0.15) is 11.4 Å². The van der Waals surface area contributed by atoms with Crippen LogP contribution < -0.4 is 4.74 Å². The highest BCUT2D eigenvalue weighted by molar-refractivity contribution is 5.72. The van der Waals surface area contributed by atoms with E-state index in [-0.39, 0.29) is 18.2 Å². The summed E-state index contributed by atoms with van der Waals surface area (Å²) in [7, 11) is 1.59. The Hall–Kier alpha value is -1.55. The topological polar surface area (TPSA) is 44.8 Å². The second kappa shape index (κ2) is 7.46. The third-order valence-electron chi connectivity index (χ3n) is 3.55. The molecule has 0 aromatic heterocycles. The number of methoxy groups -OCH3 is 1. The molecule has 0 amide bonds. The highest BCUT2D eigenvalue weighted by Crippen LogP contribution is 2.28. The molecule has 0 spiro atoms. The van der Waals surface area contributed by atoms with Crippen molar-refractivity contribution in [3.8, 4) is 5.75 Å². The molecule has 0 fully saturated rings. The summed E-state index contributed by atoms with van der Waals surface area (Å²) in [4.78, 5) is 12.0. The average Bonchev–Trinajstić information content (AvgIpc) is 2.46. The second-order valence-electron chi connectivity index (χ2n) is 5.69. The van der Waals surface area contributed by atoms with Crippen LogP contribution in [0.1, 0.15) is 46.6 Å². The van der Waals surface area contributed by atoms with E-state index in [9.17, 15) is 4.79 Å². The zero-order valence-corrected chi connectivity index (χ0v) is 13.8. The van der Waals surface area contributed by atoms with Crippen LogP contribution in [0.2, 0.25) is 0 Å². The molecule has 0 saturated carbocycles. The van der Waals surface area contributed by atoms with Crippen LogP contribution in [-0.2, 0) is 19.9 Å². The van der Waals surface area contributed by atoms with Crippen LogP contribution in [0.3, 0.4) is 0 Å². The van der Waals surface area contributed by atoms with Crippen molar-refractivity contribution >= 4 is 5.97 Å². The fraction of sp³-hybridized carbons (Fsp3) is 0.588. The van der Waals surface area contributed by atoms with Crippen LogP contribution in [-0.4, -0.2) is 19.4 Å². The number of hydrogen-bond acceptors (Lipinski definition) is 4. The molecule has 4 nitrogen and oxygen atoms in total. The number of rotatable bonds is 7. The SMILES string of the molecule is CCC(C)C(=O)OC(C)(C)c1ccc(OC(C)OC)cc1. The van der Waals surface area contributed by atoms with Crippen molar-refractivity contribution < 1.29 is 19.0 Å². The molecule has 0 N–H and O–H groups in total. The summed E-state index contributed by atoms with van der Waals surface area (Å²) in [6, 6.07) is 7.51. The van der Waals surface area contributed by atoms with Gasteiger partial charge in [0.25, 0.3) is 0 Å². The van der Waals surface area contributed by atoms with Gasteiger partial charge < -0.3 is 14.2 Å². The fourth-order valence-electron chi connectivity index (χ4n) is 1.75. The van der Waals surface area contributed by atoms with Crippen molar-refractivity contribution in [3.63, 3.8) is 0 Å². The predicted molar refractivity (Wildman–Crippen MR) is 82.1 cm³/mol. The summed E-state index contributed by atoms with van der Waals surface area (Å²) in [6.45, 7) is 9.46. The first-order chi connectivity index (χ1) is 9.80. The zero-order chi connectivity index (χ0) is 16.0. The van der Waals surface area contributed by atoms with Crippen LogP contribution in [0.15, 0.2) is 24.3 Å². The van der Waals surface area contributed by atoms with E-state index in [0.717, 1.165) is 17.7 Å². The molecule has 1 aromatic carbocycles. The molecule has 0 heterocycles. The molecule has 0 saturated heterocycles. The highest BCUT2D eigenvalue weighted by atomic mass is 16.7. The Morgan fingerprint density at radius 1 is 1.19 bits per heavy atom. The van der Waals surface area contributed by atoms with E-state index in [2.05, 4.69) is 0 Å². The molecule has 0 aliphatic heterocycles. The van der Waals surface area contributed by atoms with E-state index in [1.165, 1.54) is 0 Å². The van der Waals surface area contributed by atoms with E-state index in [1.807, 2.05) is 58.9 Å². The number of ether oxygens (including phenoxy) is 3. The van der Waals surface area contributed by atoms with E-state index in [0.29, 0.717) is 0 Å². The molecule has 118 valence electrons. The first-order valence-electron chi connectivity index (χ1n) is 7.33. The van der Waals surface area contributed by atoms with Gasteiger partial charge in [0.15, 0.2) is 6.29 Å². The third kappa shape index (κ3) is 5.05. The summed E-state index contributed by atoms with van der Waals surface area (Å²) >= 11 is 0. The maximum atomic E-state index is 12.0. The van der Waals surface area contributed by atoms with Crippen molar-refractivity contribution in [2.75, 3.05) is 7.11 Å². The Morgan fingerprint density at radius 3 is 2.24 bits per heavy atom. The lowest BCUT2D eigenvalue weighted by Crippen LogP contribution is -2.28. The Bertz CT molecular complexity index is 450. The van der Waals surface area contributed by atoms with Gasteiger partial charge in [0, 0.05) is 7.11 Å². The van der Waals surface area contributed by atoms with Crippen LogP contribution in [0.5, 0.6) is 5.75 Å². The molecule has 21 heavy (non-hydrogen) atoms. The normalized spacial score (nSPS) is 14.4. The molecule has 0 aliphatic carbocycles. The van der Waals surface area contributed by atoms with Gasteiger partial charge in [-0.05, 0) is 44.9 Å². The second-order valence-corrected chi connectivity index (χ2v) is 5.69. The standard InChI is InChI=1S/C17H26O4/c1-7-12(2)16(18)21-17(4,5)14-8-10-15(11-9-14)20-13(3)19-6/h8-13H,7H2,1-6H3. The molecule has 0 bridgehead atoms. The Kier molecular flexibility index (Phi) is 6.21. The monoisotopic (exact) mass is 294 g/mol. The van der Waals surface area contributed by atoms with Crippen LogP contribution in [0, 0.1) is 5.92 Å². The predicted octanol–water partition coefficient (Wildman–Crippen LogP) is 3.88. The molecule has 0 radical (unpaired) electrons. The minimum atomic E-state index is -0.661. The highest BCUT2D eigenvalue weighted by Gasteiger charge is 2.27. The average molecular weight is 294 g/mol. The van der Waals surface area contributed by atoms with Gasteiger partial charge in [-0.15, -0.1) is 0 Å². The van der Waals surface area contributed by atoms with E-state index in [1.54, 1.807) is 7.11 Å². The van der Waals surface area contributed by atoms with E-state index in [4.69, 9.17) is 14.2 Å². The van der Waals surface area contributed by atoms with Crippen LogP contribution in [0.25, 0.3) is 0 Å². The number of carbonyl (C=O) groups is 1. The van der Waals surface area contributed by atoms with E-state index >= 15 is 0 Å². The zero-order valence-electron chi connectivity index (χ0n) is 13.8. The fourth-order valence-corrected chi connectivity index (χ4v) is 1.75. The number of hydrogen-bond donors (Lipinski definition) is 0. The minimum absolute atomic E-state index is 0.0885. The molecule has 2 unspecified atom stereocenters. The molecular formula is C17H26O4. The maximum absolute atomic E-state index is 12.0. The third-order valence-corrected chi connectivity index (χ3v) is 3.55. The molecule has 1 rings (SSSR count). The summed E-state index contributed by atoms with van der Waals surface area (Å²) in [5, 5.41) is 0. The number of carbonyl (C=O) groups excluding carboxylic acids is 1. The van der Waals surface area contributed by atoms with Crippen molar-refractivity contribution in [2.24, 2.45) is 5.92 Å². The minimum Gasteiger partial charge on any atom is -0.465 e. The molecule has 0 aliphatic rings. The van der Waals surface area contributed by atoms with Crippen LogP contribution >= 0.6 is 0 Å². The summed E-state index contributed by atoms with van der Waals surface area (Å²) in [6.07, 6.45) is 0.475. The lowest BCUT2D eigenvalue weighted by molar-refractivity contribution is -0.162. The Morgan fingerprint density at radius 2 is 1.76 bits per heavy atom. The van der Waals surface area contributed by atoms with Crippen molar-refractivity contribution in [2.45, 2.75) is 52.9 Å². The largest absolute Gasteiger partial charge is 0.465 e. The number of esters is 1. The van der Waals surface area contributed by atoms with E-state index < -0.39 is 5.60 Å². The van der Waals surface area contributed by atoms with Crippen LogP contribution in [0.4, 0.5) is 0 Å². The maximum Gasteiger partial charge on any atom is 0.309 e. The van der Waals surface area contributed by atoms with Gasteiger partial charge in [0.2, 0.25) is 0 Å². The smallest absolute Gasteiger partial charge is 0.309 e. The lowest BCUT2D eigenvalue weighted by atomic mass is 9.97. The summed E-state index contributed by atoms with van der Waals surface area (Å²) in [5.41, 5.74) is 0.267. The van der Waals surface area contributed by atoms with Gasteiger partial charge in [0.05, 0.1) is 5.92 Å². The summed E-state index contributed by atoms with van der Waals surface area (Å²) in [5.74, 6) is 0.461. The quantitative estimate of drug-likeness (QED) is 0.565. The molecule has 2 atom stereocenters. The van der Waals surface area contributed by atoms with Crippen molar-refractivity contribution in [1.29, 1.82) is 0 Å². The first-order valence-corrected chi connectivity index (χ1v) is 7.33. The van der Waals surface area contributed by atoms with Crippen molar-refractivity contribution in [1.82, 2.24) is 0 Å². The summed E-state index contributed by atoms with van der Waals surface area (Å²) < 4.78 is 16.2. The van der Waals surface area contributed by atoms with Gasteiger partial charge in [-0.3, -0.25) is 4.79 Å². The van der Waals surface area contributed by atoms with Gasteiger partial charge >= 0.3 is 5.97 Å². The Labute approximate surface area is 127 Å². The number of benzene rings is 1. The first kappa shape index (κ1) is 17.5. The Balaban J connectivity index is 2.77. The lowest BCUT2D eigenvalue weighted by Gasteiger charge is -2.27.